The fraction of sp³-hybridized carbons (Fsp3) is 0.571. The average Bonchev–Trinajstić information content (AvgIpc) is 3.10. The van der Waals surface area contributed by atoms with Crippen LogP contribution in [0, 0.1) is 11.8 Å². The molecule has 250 valence electrons. The van der Waals surface area contributed by atoms with Crippen molar-refractivity contribution in [2.45, 2.75) is 88.9 Å². The molecule has 2 bridgehead atoms. The highest BCUT2D eigenvalue weighted by Gasteiger charge is 2.46. The molecular weight excluding hydrogens is 638 g/mol. The number of fused-ring (bicyclic) bond motifs is 4. The molecule has 2 N–H and O–H groups in total. The summed E-state index contributed by atoms with van der Waals surface area (Å²) in [5.41, 5.74) is 3.41. The molecule has 4 aliphatic rings. The molecule has 4 atom stereocenters. The number of ether oxygens (including phenoxy) is 1. The molecule has 1 amide bonds. The molecule has 46 heavy (non-hydrogen) atoms. The van der Waals surface area contributed by atoms with Crippen LogP contribution in [0.25, 0.3) is 0 Å². The molecule has 1 spiro atoms. The molecule has 0 radical (unpaired) electrons. The van der Waals surface area contributed by atoms with Crippen LogP contribution >= 0.6 is 11.6 Å². The summed E-state index contributed by atoms with van der Waals surface area (Å²) in [5, 5.41) is 0.807. The lowest BCUT2D eigenvalue weighted by Gasteiger charge is -2.48. The van der Waals surface area contributed by atoms with Crippen molar-refractivity contribution >= 4 is 41.7 Å². The summed E-state index contributed by atoms with van der Waals surface area (Å²) >= 11 is 6.44. The Morgan fingerprint density at radius 1 is 1.13 bits per heavy atom. The van der Waals surface area contributed by atoms with Crippen molar-refractivity contribution in [1.82, 2.24) is 9.44 Å². The van der Waals surface area contributed by atoms with Crippen LogP contribution in [0.4, 0.5) is 5.69 Å². The molecule has 0 aromatic heterocycles. The van der Waals surface area contributed by atoms with Crippen LogP contribution in [-0.2, 0) is 26.5 Å². The van der Waals surface area contributed by atoms with Crippen LogP contribution in [0.15, 0.2) is 48.6 Å². The van der Waals surface area contributed by atoms with E-state index < -0.39 is 24.4 Å². The third-order valence-corrected chi connectivity index (χ3v) is 16.8. The number of halogens is 1. The van der Waals surface area contributed by atoms with Crippen molar-refractivity contribution in [2.24, 2.45) is 11.8 Å². The first-order chi connectivity index (χ1) is 21.7. The molecule has 11 heteroatoms. The van der Waals surface area contributed by atoms with Gasteiger partial charge in [0, 0.05) is 35.6 Å². The maximum atomic E-state index is 13.2. The molecule has 0 saturated heterocycles. The molecule has 6 rings (SSSR count). The van der Waals surface area contributed by atoms with Crippen LogP contribution in [0.2, 0.25) is 23.2 Å². The first kappa shape index (κ1) is 33.5. The minimum absolute atomic E-state index is 0.0515. The Bertz CT molecular complexity index is 1620. The van der Waals surface area contributed by atoms with Gasteiger partial charge >= 0.3 is 10.2 Å². The summed E-state index contributed by atoms with van der Waals surface area (Å²) < 4.78 is 44.0. The Hall–Kier alpha value is -2.37. The number of hydrogen-bond acceptors (Lipinski definition) is 6. The Balaban J connectivity index is 1.41. The fourth-order valence-corrected chi connectivity index (χ4v) is 9.61. The highest BCUT2D eigenvalue weighted by atomic mass is 35.5. The highest BCUT2D eigenvalue weighted by Crippen LogP contribution is 2.48. The highest BCUT2D eigenvalue weighted by molar-refractivity contribution is 7.88. The molecule has 2 aliphatic heterocycles. The first-order valence-electron chi connectivity index (χ1n) is 16.6. The van der Waals surface area contributed by atoms with Gasteiger partial charge in [0.15, 0.2) is 8.32 Å². The van der Waals surface area contributed by atoms with E-state index in [1.54, 1.807) is 12.1 Å². The number of nitrogens with one attached hydrogen (secondary N) is 2. The average molecular weight is 686 g/mol. The summed E-state index contributed by atoms with van der Waals surface area (Å²) in [6.45, 7) is 13.6. The second-order valence-corrected chi connectivity index (χ2v) is 21.9. The predicted molar refractivity (Wildman–Crippen MR) is 187 cm³/mol. The van der Waals surface area contributed by atoms with Gasteiger partial charge in [-0.25, -0.2) is 4.72 Å². The number of nitrogens with zero attached hydrogens (tertiary/aromatic N) is 1. The minimum Gasteiger partial charge on any atom is -0.490 e. The van der Waals surface area contributed by atoms with Gasteiger partial charge < -0.3 is 14.1 Å². The number of carbonyl (C=O) groups is 1. The smallest absolute Gasteiger partial charge is 0.301 e. The third-order valence-electron chi connectivity index (χ3n) is 11.0. The van der Waals surface area contributed by atoms with Crippen LogP contribution in [-0.4, -0.2) is 55.0 Å². The van der Waals surface area contributed by atoms with Gasteiger partial charge in [-0.05, 0) is 110 Å². The van der Waals surface area contributed by atoms with Crippen LogP contribution < -0.4 is 19.1 Å². The van der Waals surface area contributed by atoms with Gasteiger partial charge in [0.2, 0.25) is 0 Å². The van der Waals surface area contributed by atoms with Gasteiger partial charge in [-0.15, -0.1) is 0 Å². The van der Waals surface area contributed by atoms with E-state index in [0.29, 0.717) is 30.6 Å². The van der Waals surface area contributed by atoms with E-state index in [1.165, 1.54) is 11.1 Å². The lowest BCUT2D eigenvalue weighted by molar-refractivity contribution is 0.0524. The van der Waals surface area contributed by atoms with E-state index in [0.717, 1.165) is 55.9 Å². The van der Waals surface area contributed by atoms with Crippen LogP contribution in [0.5, 0.6) is 5.75 Å². The van der Waals surface area contributed by atoms with Gasteiger partial charge in [-0.2, -0.15) is 13.1 Å². The first-order valence-corrected chi connectivity index (χ1v) is 21.4. The van der Waals surface area contributed by atoms with Gasteiger partial charge in [0.05, 0.1) is 18.4 Å². The largest absolute Gasteiger partial charge is 0.490 e. The van der Waals surface area contributed by atoms with Crippen molar-refractivity contribution in [1.29, 1.82) is 0 Å². The van der Waals surface area contributed by atoms with E-state index >= 15 is 0 Å². The second kappa shape index (κ2) is 12.6. The zero-order valence-corrected chi connectivity index (χ0v) is 30.3. The quantitative estimate of drug-likeness (QED) is 0.268. The summed E-state index contributed by atoms with van der Waals surface area (Å²) in [5.74, 6) is 0.766. The standard InChI is InChI=1S/C35H48ClN3O5SSi/c1-34(2,3)46(4,5)44-31-10-6-7-18-37-45(41,42)38-33(40)25-12-16-32-30(20-25)39(21-26-11-14-28(26)31)22-35(23-43-32)17-8-9-24-19-27(36)13-15-29(24)35/h6,10,12-13,15-16,19-20,26,28,31,37H,7-9,11,14,17-18,21-23H2,1-5H3,(H,38,40)/b10-6-/t26-,28+,31-,35-/m0/s1. The monoisotopic (exact) mass is 685 g/mol. The zero-order valence-electron chi connectivity index (χ0n) is 27.7. The van der Waals surface area contributed by atoms with Crippen molar-refractivity contribution in [2.75, 3.05) is 31.1 Å². The molecule has 2 heterocycles. The fourth-order valence-electron chi connectivity index (χ4n) is 7.30. The van der Waals surface area contributed by atoms with Crippen molar-refractivity contribution in [3.05, 3.63) is 70.3 Å². The summed E-state index contributed by atoms with van der Waals surface area (Å²) in [4.78, 5) is 15.7. The molecule has 1 saturated carbocycles. The van der Waals surface area contributed by atoms with E-state index in [9.17, 15) is 13.2 Å². The van der Waals surface area contributed by atoms with Crippen molar-refractivity contribution in [3.63, 3.8) is 0 Å². The number of amides is 1. The van der Waals surface area contributed by atoms with Crippen LogP contribution in [0.1, 0.15) is 74.4 Å². The molecule has 8 nitrogen and oxygen atoms in total. The zero-order chi connectivity index (χ0) is 32.9. The Morgan fingerprint density at radius 2 is 1.93 bits per heavy atom. The lowest BCUT2D eigenvalue weighted by atomic mass is 9.68. The second-order valence-electron chi connectivity index (χ2n) is 15.2. The molecule has 1 fully saturated rings. The molecule has 2 aromatic rings. The Kier molecular flexibility index (Phi) is 9.17. The summed E-state index contributed by atoms with van der Waals surface area (Å²) in [6, 6.07) is 11.5. The normalized spacial score (nSPS) is 29.0. The number of aryl methyl sites for hydroxylation is 1. The Morgan fingerprint density at radius 3 is 2.67 bits per heavy atom. The van der Waals surface area contributed by atoms with Crippen LogP contribution in [0.3, 0.4) is 0 Å². The Labute approximate surface area is 280 Å². The van der Waals surface area contributed by atoms with E-state index in [1.807, 2.05) is 18.2 Å². The SMILES string of the molecule is CC(C)(C)[Si](C)(C)O[C@H]1/C=C\CCNS(=O)(=O)NC(=O)c2ccc3c(c2)N(C[C@@H]2CC[C@H]21)C[C@@]1(CCCc2cc(Cl)ccc21)CO3. The topological polar surface area (TPSA) is 97.0 Å². The number of carbonyl (C=O) groups excluding carboxylic acids is 1. The summed E-state index contributed by atoms with van der Waals surface area (Å²) in [7, 11) is -6.14. The van der Waals surface area contributed by atoms with Crippen molar-refractivity contribution < 1.29 is 22.4 Å². The number of rotatable bonds is 2. The number of benzene rings is 2. The predicted octanol–water partition coefficient (Wildman–Crippen LogP) is 6.75. The number of hydrogen-bond donors (Lipinski definition) is 2. The molecule has 2 aromatic carbocycles. The van der Waals surface area contributed by atoms with Gasteiger partial charge in [-0.1, -0.05) is 50.6 Å². The van der Waals surface area contributed by atoms with Gasteiger partial charge in [0.1, 0.15) is 5.75 Å². The van der Waals surface area contributed by atoms with E-state index in [-0.39, 0.29) is 28.7 Å². The molecule has 2 aliphatic carbocycles. The maximum absolute atomic E-state index is 13.2. The lowest BCUT2D eigenvalue weighted by Crippen LogP contribution is -2.52. The van der Waals surface area contributed by atoms with Gasteiger partial charge in [-0.3, -0.25) is 4.79 Å². The third kappa shape index (κ3) is 6.79. The molecule has 0 unspecified atom stereocenters. The maximum Gasteiger partial charge on any atom is 0.301 e. The van der Waals surface area contributed by atoms with E-state index in [4.69, 9.17) is 20.8 Å². The minimum atomic E-state index is -4.04. The molecular formula is C35H48ClN3O5SSi. The van der Waals surface area contributed by atoms with Gasteiger partial charge in [0.25, 0.3) is 5.91 Å². The number of anilines is 1. The van der Waals surface area contributed by atoms with Crippen molar-refractivity contribution in [3.8, 4) is 5.75 Å². The summed E-state index contributed by atoms with van der Waals surface area (Å²) in [6.07, 6.45) is 9.83. The van der Waals surface area contributed by atoms with E-state index in [2.05, 4.69) is 66.4 Å².